The van der Waals surface area contributed by atoms with Crippen molar-refractivity contribution in [2.45, 2.75) is 33.1 Å². The number of carbonyl (C=O) groups excluding carboxylic acids is 1. The Morgan fingerprint density at radius 2 is 2.21 bits per heavy atom. The van der Waals surface area contributed by atoms with E-state index in [4.69, 9.17) is 0 Å². The number of carbonyl (C=O) groups is 1. The molecule has 0 spiro atoms. The van der Waals surface area contributed by atoms with E-state index < -0.39 is 0 Å². The quantitative estimate of drug-likeness (QED) is 0.783. The average Bonchev–Trinajstić information content (AvgIpc) is 2.91. The predicted octanol–water partition coefficient (Wildman–Crippen LogP) is 1.39. The molecule has 1 fully saturated rings. The molecular formula is C17H26N6O. The first-order valence-corrected chi connectivity index (χ1v) is 8.63. The van der Waals surface area contributed by atoms with Crippen LogP contribution in [0.3, 0.4) is 0 Å². The molecule has 130 valence electrons. The lowest BCUT2D eigenvalue weighted by Crippen LogP contribution is -2.47. The van der Waals surface area contributed by atoms with Gasteiger partial charge >= 0.3 is 0 Å². The van der Waals surface area contributed by atoms with Gasteiger partial charge in [-0.2, -0.15) is 9.61 Å². The average molecular weight is 330 g/mol. The number of piperazine rings is 1. The first kappa shape index (κ1) is 16.7. The molecule has 3 heterocycles. The molecular weight excluding hydrogens is 304 g/mol. The second-order valence-corrected chi connectivity index (χ2v) is 6.68. The van der Waals surface area contributed by atoms with Crippen LogP contribution in [0.2, 0.25) is 0 Å². The molecule has 24 heavy (non-hydrogen) atoms. The summed E-state index contributed by atoms with van der Waals surface area (Å²) in [5.74, 6) is 1.48. The zero-order valence-corrected chi connectivity index (χ0v) is 14.7. The van der Waals surface area contributed by atoms with Gasteiger partial charge < -0.3 is 10.6 Å². The fraction of sp³-hybridized carbons (Fsp3) is 0.588. The van der Waals surface area contributed by atoms with Crippen LogP contribution in [0.5, 0.6) is 0 Å². The summed E-state index contributed by atoms with van der Waals surface area (Å²) < 4.78 is 1.87. The van der Waals surface area contributed by atoms with Crippen LogP contribution < -0.4 is 10.6 Å². The van der Waals surface area contributed by atoms with Crippen molar-refractivity contribution in [3.63, 3.8) is 0 Å². The summed E-state index contributed by atoms with van der Waals surface area (Å²) in [6.07, 6.45) is 0.981. The fourth-order valence-corrected chi connectivity index (χ4v) is 2.93. The number of rotatable bonds is 6. The molecule has 0 radical (unpaired) electrons. The summed E-state index contributed by atoms with van der Waals surface area (Å²) in [4.78, 5) is 18.3. The summed E-state index contributed by atoms with van der Waals surface area (Å²) >= 11 is 0. The lowest BCUT2D eigenvalue weighted by atomic mass is 10.1. The number of anilines is 1. The molecule has 0 aromatic carbocycles. The third-order valence-electron chi connectivity index (χ3n) is 4.24. The van der Waals surface area contributed by atoms with Crippen LogP contribution in [-0.4, -0.2) is 58.1 Å². The number of aromatic nitrogens is 3. The van der Waals surface area contributed by atoms with Crippen molar-refractivity contribution in [3.8, 4) is 0 Å². The summed E-state index contributed by atoms with van der Waals surface area (Å²) in [6, 6.07) is 4.09. The third kappa shape index (κ3) is 3.84. The van der Waals surface area contributed by atoms with Crippen molar-refractivity contribution in [2.24, 2.45) is 0 Å². The highest BCUT2D eigenvalue weighted by Gasteiger charge is 2.15. The number of nitrogens with one attached hydrogen (secondary N) is 2. The molecule has 0 saturated carbocycles. The van der Waals surface area contributed by atoms with Crippen LogP contribution in [-0.2, 0) is 4.79 Å². The molecule has 1 aliphatic rings. The van der Waals surface area contributed by atoms with Crippen molar-refractivity contribution in [1.29, 1.82) is 0 Å². The van der Waals surface area contributed by atoms with E-state index in [-0.39, 0.29) is 5.91 Å². The van der Waals surface area contributed by atoms with E-state index in [0.29, 0.717) is 12.5 Å². The highest BCUT2D eigenvalue weighted by Crippen LogP contribution is 2.19. The molecule has 1 amide bonds. The summed E-state index contributed by atoms with van der Waals surface area (Å²) in [6.45, 7) is 10.2. The van der Waals surface area contributed by atoms with Gasteiger partial charge in [-0.3, -0.25) is 9.69 Å². The van der Waals surface area contributed by atoms with E-state index in [9.17, 15) is 4.79 Å². The normalized spacial score (nSPS) is 15.9. The minimum atomic E-state index is 0.124. The summed E-state index contributed by atoms with van der Waals surface area (Å²) in [7, 11) is 0. The van der Waals surface area contributed by atoms with Gasteiger partial charge in [0.05, 0.1) is 12.2 Å². The van der Waals surface area contributed by atoms with Crippen LogP contribution in [0.1, 0.15) is 37.6 Å². The molecule has 7 nitrogen and oxygen atoms in total. The Labute approximate surface area is 142 Å². The molecule has 2 aromatic heterocycles. The molecule has 2 aromatic rings. The summed E-state index contributed by atoms with van der Waals surface area (Å²) in [5.41, 5.74) is 2.91. The molecule has 3 rings (SSSR count). The Morgan fingerprint density at radius 3 is 2.96 bits per heavy atom. The first-order valence-electron chi connectivity index (χ1n) is 8.63. The lowest BCUT2D eigenvalue weighted by Gasteiger charge is -2.26. The Balaban J connectivity index is 1.62. The van der Waals surface area contributed by atoms with E-state index in [0.717, 1.165) is 55.5 Å². The van der Waals surface area contributed by atoms with Crippen LogP contribution in [0, 0.1) is 6.92 Å². The van der Waals surface area contributed by atoms with E-state index in [1.807, 2.05) is 17.5 Å². The molecule has 1 aliphatic heterocycles. The Hall–Kier alpha value is -2.15. The van der Waals surface area contributed by atoms with Crippen LogP contribution in [0.15, 0.2) is 12.1 Å². The van der Waals surface area contributed by atoms with Gasteiger partial charge in [0.25, 0.3) is 0 Å². The molecule has 2 N–H and O–H groups in total. The van der Waals surface area contributed by atoms with Crippen molar-refractivity contribution >= 4 is 17.4 Å². The molecule has 0 bridgehead atoms. The number of hydrogen-bond donors (Lipinski definition) is 2. The molecule has 1 saturated heterocycles. The predicted molar refractivity (Wildman–Crippen MR) is 94.4 cm³/mol. The largest absolute Gasteiger partial charge is 0.370 e. The summed E-state index contributed by atoms with van der Waals surface area (Å²) in [5, 5.41) is 10.9. The van der Waals surface area contributed by atoms with Gasteiger partial charge in [0.15, 0.2) is 5.65 Å². The smallest absolute Gasteiger partial charge is 0.234 e. The van der Waals surface area contributed by atoms with Crippen molar-refractivity contribution < 1.29 is 4.79 Å². The van der Waals surface area contributed by atoms with Crippen molar-refractivity contribution in [2.75, 3.05) is 38.0 Å². The first-order chi connectivity index (χ1) is 11.5. The number of hydrogen-bond acceptors (Lipinski definition) is 5. The molecule has 0 aliphatic carbocycles. The molecule has 7 heteroatoms. The van der Waals surface area contributed by atoms with Gasteiger partial charge in [0, 0.05) is 44.0 Å². The van der Waals surface area contributed by atoms with Crippen LogP contribution >= 0.6 is 0 Å². The Bertz CT molecular complexity index is 723. The highest BCUT2D eigenvalue weighted by molar-refractivity contribution is 5.78. The second kappa shape index (κ2) is 7.17. The minimum absolute atomic E-state index is 0.124. The number of fused-ring (bicyclic) bond motifs is 1. The van der Waals surface area contributed by atoms with E-state index in [1.165, 1.54) is 0 Å². The van der Waals surface area contributed by atoms with E-state index in [1.54, 1.807) is 0 Å². The third-order valence-corrected chi connectivity index (χ3v) is 4.24. The highest BCUT2D eigenvalue weighted by atomic mass is 16.2. The van der Waals surface area contributed by atoms with Gasteiger partial charge in [-0.25, -0.2) is 4.98 Å². The lowest BCUT2D eigenvalue weighted by molar-refractivity contribution is -0.124. The van der Waals surface area contributed by atoms with Gasteiger partial charge in [0.2, 0.25) is 5.91 Å². The standard InChI is InChI=1S/C17H26N6O/c1-12(2)14-10-15(23-16(20-14)9-13(3)21-23)18-5-4-7-22-8-6-19-17(24)11-22/h9-10,12,18H,4-8,11H2,1-3H3,(H,19,24). The Morgan fingerprint density at radius 1 is 1.38 bits per heavy atom. The SMILES string of the molecule is Cc1cc2nc(C(C)C)cc(NCCCN3CCNC(=O)C3)n2n1. The zero-order chi connectivity index (χ0) is 17.1. The minimum Gasteiger partial charge on any atom is -0.370 e. The van der Waals surface area contributed by atoms with Gasteiger partial charge in [0.1, 0.15) is 5.82 Å². The number of nitrogens with zero attached hydrogens (tertiary/aromatic N) is 4. The number of aryl methyl sites for hydroxylation is 1. The maximum absolute atomic E-state index is 11.4. The van der Waals surface area contributed by atoms with E-state index in [2.05, 4.69) is 45.5 Å². The maximum Gasteiger partial charge on any atom is 0.234 e. The van der Waals surface area contributed by atoms with Gasteiger partial charge in [-0.05, 0) is 19.3 Å². The van der Waals surface area contributed by atoms with Crippen molar-refractivity contribution in [1.82, 2.24) is 24.8 Å². The maximum atomic E-state index is 11.4. The topological polar surface area (TPSA) is 74.6 Å². The van der Waals surface area contributed by atoms with E-state index >= 15 is 0 Å². The molecule has 0 atom stereocenters. The zero-order valence-electron chi connectivity index (χ0n) is 14.7. The van der Waals surface area contributed by atoms with Gasteiger partial charge in [-0.1, -0.05) is 13.8 Å². The Kier molecular flexibility index (Phi) is 4.99. The number of amides is 1. The van der Waals surface area contributed by atoms with Crippen molar-refractivity contribution in [3.05, 3.63) is 23.5 Å². The fourth-order valence-electron chi connectivity index (χ4n) is 2.93. The second-order valence-electron chi connectivity index (χ2n) is 6.68. The van der Waals surface area contributed by atoms with Gasteiger partial charge in [-0.15, -0.1) is 0 Å². The van der Waals surface area contributed by atoms with Crippen LogP contribution in [0.25, 0.3) is 5.65 Å². The van der Waals surface area contributed by atoms with Crippen LogP contribution in [0.4, 0.5) is 5.82 Å². The molecule has 0 unspecified atom stereocenters. The monoisotopic (exact) mass is 330 g/mol.